The van der Waals surface area contributed by atoms with Crippen LogP contribution in [-0.4, -0.2) is 10.1 Å². The maximum absolute atomic E-state index is 9.44. The van der Waals surface area contributed by atoms with Crippen molar-refractivity contribution in [1.82, 2.24) is 4.98 Å². The molecule has 0 unspecified atom stereocenters. The highest BCUT2D eigenvalue weighted by molar-refractivity contribution is 9.10. The Kier molecular flexibility index (Phi) is 3.06. The zero-order valence-corrected chi connectivity index (χ0v) is 11.8. The summed E-state index contributed by atoms with van der Waals surface area (Å²) in [6, 6.07) is 6.09. The van der Waals surface area contributed by atoms with E-state index in [4.69, 9.17) is 0 Å². The smallest absolute Gasteiger partial charge is 0.120 e. The number of aromatic nitrogens is 1. The average Bonchev–Trinajstić information content (AvgIpc) is 2.63. The lowest BCUT2D eigenvalue weighted by molar-refractivity contribution is 0.432. The molecule has 1 aliphatic carbocycles. The van der Waals surface area contributed by atoms with E-state index >= 15 is 0 Å². The minimum Gasteiger partial charge on any atom is -0.508 e. The molecule has 4 heteroatoms. The third-order valence-electron chi connectivity index (χ3n) is 2.71. The van der Waals surface area contributed by atoms with Gasteiger partial charge in [-0.15, -0.1) is 11.3 Å². The number of fused-ring (bicyclic) bond motifs is 1. The van der Waals surface area contributed by atoms with Crippen molar-refractivity contribution in [1.29, 1.82) is 0 Å². The molecule has 1 aliphatic rings. The van der Waals surface area contributed by atoms with Gasteiger partial charge in [0, 0.05) is 4.47 Å². The van der Waals surface area contributed by atoms with Gasteiger partial charge in [-0.2, -0.15) is 0 Å². The van der Waals surface area contributed by atoms with E-state index in [-0.39, 0.29) is 5.76 Å². The van der Waals surface area contributed by atoms with Gasteiger partial charge in [-0.3, -0.25) is 0 Å². The molecule has 0 fully saturated rings. The summed E-state index contributed by atoms with van der Waals surface area (Å²) >= 11 is 5.14. The van der Waals surface area contributed by atoms with Crippen molar-refractivity contribution >= 4 is 43.1 Å². The molecule has 18 heavy (non-hydrogen) atoms. The third-order valence-corrected chi connectivity index (χ3v) is 4.29. The van der Waals surface area contributed by atoms with Crippen molar-refractivity contribution in [2.75, 3.05) is 0 Å². The fourth-order valence-electron chi connectivity index (χ4n) is 1.81. The van der Waals surface area contributed by atoms with Gasteiger partial charge >= 0.3 is 0 Å². The van der Waals surface area contributed by atoms with Gasteiger partial charge in [0.2, 0.25) is 0 Å². The molecule has 1 aromatic carbocycles. The molecule has 0 bridgehead atoms. The Balaban J connectivity index is 2.07. The Morgan fingerprint density at radius 2 is 2.17 bits per heavy atom. The maximum atomic E-state index is 9.44. The number of halogens is 1. The number of benzene rings is 1. The standard InChI is InChI=1S/C14H10BrNOS/c15-10-5-7-12-13(8-10)18-14(16-12)9-2-1-3-11(17)6-4-9/h1,3-8,17H,2H2. The number of allylic oxidation sites excluding steroid dienone is 5. The summed E-state index contributed by atoms with van der Waals surface area (Å²) in [4.78, 5) is 4.63. The Bertz CT molecular complexity index is 697. The number of aliphatic hydroxyl groups is 1. The van der Waals surface area contributed by atoms with Crippen LogP contribution in [0, 0.1) is 0 Å². The second kappa shape index (κ2) is 4.71. The fraction of sp³-hybridized carbons (Fsp3) is 0.0714. The van der Waals surface area contributed by atoms with Crippen LogP contribution in [0.2, 0.25) is 0 Å². The molecule has 1 N–H and O–H groups in total. The maximum Gasteiger partial charge on any atom is 0.120 e. The number of nitrogens with zero attached hydrogens (tertiary/aromatic N) is 1. The highest BCUT2D eigenvalue weighted by Gasteiger charge is 2.09. The zero-order chi connectivity index (χ0) is 12.5. The van der Waals surface area contributed by atoms with Crippen LogP contribution < -0.4 is 0 Å². The van der Waals surface area contributed by atoms with Gasteiger partial charge in [-0.05, 0) is 42.3 Å². The van der Waals surface area contributed by atoms with E-state index in [9.17, 15) is 5.11 Å². The zero-order valence-electron chi connectivity index (χ0n) is 9.43. The molecule has 0 saturated heterocycles. The molecule has 0 saturated carbocycles. The van der Waals surface area contributed by atoms with Gasteiger partial charge in [0.1, 0.15) is 10.8 Å². The predicted octanol–water partition coefficient (Wildman–Crippen LogP) is 4.84. The van der Waals surface area contributed by atoms with Gasteiger partial charge in [-0.25, -0.2) is 4.98 Å². The van der Waals surface area contributed by atoms with Crippen molar-refractivity contribution in [3.8, 4) is 0 Å². The lowest BCUT2D eigenvalue weighted by Gasteiger charge is -1.96. The second-order valence-electron chi connectivity index (χ2n) is 4.02. The lowest BCUT2D eigenvalue weighted by atomic mass is 10.2. The van der Waals surface area contributed by atoms with Crippen LogP contribution in [-0.2, 0) is 0 Å². The Morgan fingerprint density at radius 3 is 3.06 bits per heavy atom. The van der Waals surface area contributed by atoms with E-state index < -0.39 is 0 Å². The Labute approximate surface area is 117 Å². The van der Waals surface area contributed by atoms with Crippen molar-refractivity contribution in [3.05, 3.63) is 57.7 Å². The second-order valence-corrected chi connectivity index (χ2v) is 5.97. The first-order valence-corrected chi connectivity index (χ1v) is 7.16. The Morgan fingerprint density at radius 1 is 1.28 bits per heavy atom. The van der Waals surface area contributed by atoms with E-state index in [0.29, 0.717) is 0 Å². The topological polar surface area (TPSA) is 33.1 Å². The van der Waals surface area contributed by atoms with Crippen LogP contribution in [0.15, 0.2) is 52.7 Å². The number of rotatable bonds is 1. The van der Waals surface area contributed by atoms with E-state index in [0.717, 1.165) is 27.0 Å². The van der Waals surface area contributed by atoms with E-state index in [1.807, 2.05) is 24.3 Å². The minimum atomic E-state index is 0.286. The molecule has 90 valence electrons. The molecule has 3 rings (SSSR count). The van der Waals surface area contributed by atoms with Crippen molar-refractivity contribution in [3.63, 3.8) is 0 Å². The molecule has 2 aromatic rings. The molecular formula is C14H10BrNOS. The van der Waals surface area contributed by atoms with E-state index in [1.54, 1.807) is 23.5 Å². The minimum absolute atomic E-state index is 0.286. The summed E-state index contributed by atoms with van der Waals surface area (Å²) < 4.78 is 2.24. The van der Waals surface area contributed by atoms with Crippen molar-refractivity contribution < 1.29 is 5.11 Å². The monoisotopic (exact) mass is 319 g/mol. The Hall–Kier alpha value is -1.39. The number of thiazole rings is 1. The molecule has 1 heterocycles. The van der Waals surface area contributed by atoms with Gasteiger partial charge in [0.25, 0.3) is 0 Å². The van der Waals surface area contributed by atoms with Gasteiger partial charge in [-0.1, -0.05) is 28.1 Å². The molecule has 0 radical (unpaired) electrons. The van der Waals surface area contributed by atoms with Gasteiger partial charge in [0.05, 0.1) is 10.2 Å². The van der Waals surface area contributed by atoms with Crippen LogP contribution in [0.4, 0.5) is 0 Å². The van der Waals surface area contributed by atoms with Crippen LogP contribution in [0.3, 0.4) is 0 Å². The summed E-state index contributed by atoms with van der Waals surface area (Å²) in [6.07, 6.45) is 8.10. The molecule has 0 atom stereocenters. The largest absolute Gasteiger partial charge is 0.508 e. The van der Waals surface area contributed by atoms with Gasteiger partial charge < -0.3 is 5.11 Å². The molecular weight excluding hydrogens is 310 g/mol. The summed E-state index contributed by atoms with van der Waals surface area (Å²) in [7, 11) is 0. The SMILES string of the molecule is OC1=CC=C(c2nc3ccc(Br)cc3s2)CC=C1. The summed E-state index contributed by atoms with van der Waals surface area (Å²) in [6.45, 7) is 0. The number of hydrogen-bond donors (Lipinski definition) is 1. The number of hydrogen-bond acceptors (Lipinski definition) is 3. The average molecular weight is 320 g/mol. The highest BCUT2D eigenvalue weighted by atomic mass is 79.9. The normalized spacial score (nSPS) is 15.4. The highest BCUT2D eigenvalue weighted by Crippen LogP contribution is 2.31. The van der Waals surface area contributed by atoms with Crippen molar-refractivity contribution in [2.45, 2.75) is 6.42 Å². The molecule has 1 aromatic heterocycles. The van der Waals surface area contributed by atoms with Crippen LogP contribution in [0.1, 0.15) is 11.4 Å². The predicted molar refractivity (Wildman–Crippen MR) is 79.8 cm³/mol. The first-order valence-electron chi connectivity index (χ1n) is 5.55. The lowest BCUT2D eigenvalue weighted by Crippen LogP contribution is -1.80. The van der Waals surface area contributed by atoms with Crippen LogP contribution >= 0.6 is 27.3 Å². The fourth-order valence-corrected chi connectivity index (χ4v) is 3.36. The first-order chi connectivity index (χ1) is 8.72. The number of aliphatic hydroxyl groups excluding tert-OH is 1. The van der Waals surface area contributed by atoms with Gasteiger partial charge in [0.15, 0.2) is 0 Å². The third kappa shape index (κ3) is 2.26. The van der Waals surface area contributed by atoms with E-state index in [2.05, 4.69) is 27.0 Å². The molecule has 2 nitrogen and oxygen atoms in total. The summed E-state index contributed by atoms with van der Waals surface area (Å²) in [5.41, 5.74) is 2.15. The van der Waals surface area contributed by atoms with E-state index in [1.165, 1.54) is 4.70 Å². The first kappa shape index (κ1) is 11.7. The van der Waals surface area contributed by atoms with Crippen LogP contribution in [0.5, 0.6) is 0 Å². The quantitative estimate of drug-likeness (QED) is 0.815. The summed E-state index contributed by atoms with van der Waals surface area (Å²) in [5, 5.41) is 10.4. The molecule has 0 aliphatic heterocycles. The van der Waals surface area contributed by atoms with Crippen molar-refractivity contribution in [2.24, 2.45) is 0 Å². The molecule has 0 spiro atoms. The summed E-state index contributed by atoms with van der Waals surface area (Å²) in [5.74, 6) is 0.286. The van der Waals surface area contributed by atoms with Crippen LogP contribution in [0.25, 0.3) is 15.8 Å². The molecule has 0 amide bonds.